The van der Waals surface area contributed by atoms with E-state index in [0.29, 0.717) is 15.6 Å². The number of hydrogen-bond acceptors (Lipinski definition) is 3. The average molecular weight is 330 g/mol. The second kappa shape index (κ2) is 7.66. The Morgan fingerprint density at radius 1 is 1.05 bits per heavy atom. The highest BCUT2D eigenvalue weighted by Gasteiger charge is 2.15. The lowest BCUT2D eigenvalue weighted by Gasteiger charge is -2.17. The molecule has 8 heteroatoms. The van der Waals surface area contributed by atoms with Gasteiger partial charge < -0.3 is 16.4 Å². The van der Waals surface area contributed by atoms with Gasteiger partial charge in [-0.05, 0) is 23.8 Å². The Kier molecular flexibility index (Phi) is 6.20. The van der Waals surface area contributed by atoms with E-state index in [0.717, 1.165) is 4.90 Å². The van der Waals surface area contributed by atoms with Crippen LogP contribution in [0.15, 0.2) is 24.3 Å². The van der Waals surface area contributed by atoms with Crippen molar-refractivity contribution in [3.63, 3.8) is 0 Å². The van der Waals surface area contributed by atoms with Crippen LogP contribution in [-0.4, -0.2) is 35.7 Å². The standard InChI is InChI=1S/C13H13Cl2N3O3/c14-9-3-1-8(5-10(9)15)2-4-13(21)18(6-11(16)19)7-12(17)20/h1-5H,6-7H2,(H2,16,19)(H2,17,20). The number of nitrogens with two attached hydrogens (primary N) is 2. The maximum absolute atomic E-state index is 11.9. The molecule has 1 aromatic carbocycles. The molecular weight excluding hydrogens is 317 g/mol. The first-order valence-electron chi connectivity index (χ1n) is 5.78. The molecule has 0 aliphatic rings. The van der Waals surface area contributed by atoms with Gasteiger partial charge in [0.1, 0.15) is 13.1 Å². The van der Waals surface area contributed by atoms with Crippen molar-refractivity contribution in [1.82, 2.24) is 4.90 Å². The van der Waals surface area contributed by atoms with Gasteiger partial charge in [0, 0.05) is 6.08 Å². The third kappa shape index (κ3) is 5.85. The van der Waals surface area contributed by atoms with Crippen molar-refractivity contribution in [3.8, 4) is 0 Å². The van der Waals surface area contributed by atoms with Crippen molar-refractivity contribution in [2.75, 3.05) is 13.1 Å². The zero-order valence-corrected chi connectivity index (χ0v) is 12.4. The molecule has 0 saturated heterocycles. The Morgan fingerprint density at radius 3 is 2.10 bits per heavy atom. The van der Waals surface area contributed by atoms with Gasteiger partial charge in [-0.3, -0.25) is 14.4 Å². The molecule has 112 valence electrons. The third-order valence-electron chi connectivity index (χ3n) is 2.37. The highest BCUT2D eigenvalue weighted by Crippen LogP contribution is 2.23. The fraction of sp³-hybridized carbons (Fsp3) is 0.154. The summed E-state index contributed by atoms with van der Waals surface area (Å²) in [7, 11) is 0. The molecule has 0 aliphatic carbocycles. The molecule has 0 atom stereocenters. The van der Waals surface area contributed by atoms with Gasteiger partial charge >= 0.3 is 0 Å². The molecule has 0 radical (unpaired) electrons. The Hall–Kier alpha value is -2.05. The SMILES string of the molecule is NC(=O)CN(CC(N)=O)C(=O)C=Cc1ccc(Cl)c(Cl)c1. The number of carbonyl (C=O) groups excluding carboxylic acids is 3. The van der Waals surface area contributed by atoms with E-state index in [1.807, 2.05) is 0 Å². The second-order valence-corrected chi connectivity index (χ2v) is 4.95. The van der Waals surface area contributed by atoms with Gasteiger partial charge in [-0.1, -0.05) is 29.3 Å². The lowest BCUT2D eigenvalue weighted by molar-refractivity contribution is -0.134. The minimum Gasteiger partial charge on any atom is -0.368 e. The summed E-state index contributed by atoms with van der Waals surface area (Å²) in [5.41, 5.74) is 10.7. The number of amides is 3. The quantitative estimate of drug-likeness (QED) is 0.754. The Bertz CT molecular complexity index is 586. The maximum Gasteiger partial charge on any atom is 0.247 e. The summed E-state index contributed by atoms with van der Waals surface area (Å²) in [5, 5.41) is 0.738. The highest BCUT2D eigenvalue weighted by atomic mass is 35.5. The first kappa shape index (κ1) is 17.0. The van der Waals surface area contributed by atoms with E-state index < -0.39 is 30.8 Å². The molecular formula is C13H13Cl2N3O3. The largest absolute Gasteiger partial charge is 0.368 e. The van der Waals surface area contributed by atoms with E-state index in [4.69, 9.17) is 34.7 Å². The Balaban J connectivity index is 2.83. The fourth-order valence-electron chi connectivity index (χ4n) is 1.48. The third-order valence-corrected chi connectivity index (χ3v) is 3.11. The number of nitrogens with zero attached hydrogens (tertiary/aromatic N) is 1. The van der Waals surface area contributed by atoms with E-state index in [-0.39, 0.29) is 0 Å². The van der Waals surface area contributed by atoms with Crippen LogP contribution in [0.2, 0.25) is 10.0 Å². The van der Waals surface area contributed by atoms with Gasteiger partial charge in [0.05, 0.1) is 10.0 Å². The maximum atomic E-state index is 11.9. The molecule has 0 heterocycles. The second-order valence-electron chi connectivity index (χ2n) is 4.13. The average Bonchev–Trinajstić information content (AvgIpc) is 2.38. The van der Waals surface area contributed by atoms with E-state index in [1.54, 1.807) is 18.2 Å². The van der Waals surface area contributed by atoms with Crippen molar-refractivity contribution in [2.45, 2.75) is 0 Å². The number of hydrogen-bond donors (Lipinski definition) is 2. The van der Waals surface area contributed by atoms with Crippen LogP contribution in [0.25, 0.3) is 6.08 Å². The van der Waals surface area contributed by atoms with Crippen molar-refractivity contribution in [1.29, 1.82) is 0 Å². The Labute approximate surface area is 131 Å². The molecule has 21 heavy (non-hydrogen) atoms. The first-order chi connectivity index (χ1) is 9.79. The molecule has 4 N–H and O–H groups in total. The van der Waals surface area contributed by atoms with Crippen LogP contribution >= 0.6 is 23.2 Å². The zero-order valence-electron chi connectivity index (χ0n) is 10.9. The van der Waals surface area contributed by atoms with E-state index in [9.17, 15) is 14.4 Å². The minimum absolute atomic E-state index is 0.345. The van der Waals surface area contributed by atoms with Crippen molar-refractivity contribution < 1.29 is 14.4 Å². The number of benzene rings is 1. The summed E-state index contributed by atoms with van der Waals surface area (Å²) in [5.74, 6) is -2.06. The number of rotatable bonds is 6. The summed E-state index contributed by atoms with van der Waals surface area (Å²) >= 11 is 11.6. The van der Waals surface area contributed by atoms with Crippen LogP contribution in [-0.2, 0) is 14.4 Å². The lowest BCUT2D eigenvalue weighted by atomic mass is 10.2. The monoisotopic (exact) mass is 329 g/mol. The van der Waals surface area contributed by atoms with Crippen LogP contribution < -0.4 is 11.5 Å². The summed E-state index contributed by atoms with van der Waals surface area (Å²) in [4.78, 5) is 34.6. The van der Waals surface area contributed by atoms with Crippen molar-refractivity contribution in [2.24, 2.45) is 11.5 Å². The minimum atomic E-state index is -0.743. The molecule has 0 bridgehead atoms. The fourth-order valence-corrected chi connectivity index (χ4v) is 1.78. The molecule has 0 aromatic heterocycles. The first-order valence-corrected chi connectivity index (χ1v) is 6.54. The molecule has 0 unspecified atom stereocenters. The molecule has 6 nitrogen and oxygen atoms in total. The van der Waals surface area contributed by atoms with Crippen molar-refractivity contribution >= 4 is 47.0 Å². The van der Waals surface area contributed by atoms with Gasteiger partial charge in [-0.15, -0.1) is 0 Å². The summed E-state index contributed by atoms with van der Waals surface area (Å²) < 4.78 is 0. The molecule has 1 aromatic rings. The molecule has 1 rings (SSSR count). The van der Waals surface area contributed by atoms with E-state index in [2.05, 4.69) is 0 Å². The Morgan fingerprint density at radius 2 is 1.62 bits per heavy atom. The summed E-state index contributed by atoms with van der Waals surface area (Å²) in [6.45, 7) is -0.791. The van der Waals surface area contributed by atoms with E-state index in [1.165, 1.54) is 12.2 Å². The number of halogens is 2. The predicted molar refractivity (Wildman–Crippen MR) is 80.5 cm³/mol. The molecule has 0 aliphatic heterocycles. The van der Waals surface area contributed by atoms with Crippen LogP contribution in [0.3, 0.4) is 0 Å². The summed E-state index contributed by atoms with van der Waals surface area (Å²) in [6.07, 6.45) is 2.66. The summed E-state index contributed by atoms with van der Waals surface area (Å²) in [6, 6.07) is 4.81. The normalized spacial score (nSPS) is 10.6. The van der Waals surface area contributed by atoms with Gasteiger partial charge in [-0.2, -0.15) is 0 Å². The molecule has 0 spiro atoms. The van der Waals surface area contributed by atoms with Crippen LogP contribution in [0.1, 0.15) is 5.56 Å². The molecule has 3 amide bonds. The van der Waals surface area contributed by atoms with Crippen LogP contribution in [0.4, 0.5) is 0 Å². The van der Waals surface area contributed by atoms with Crippen LogP contribution in [0, 0.1) is 0 Å². The molecule has 0 fully saturated rings. The van der Waals surface area contributed by atoms with Gasteiger partial charge in [0.15, 0.2) is 0 Å². The van der Waals surface area contributed by atoms with Gasteiger partial charge in [0.25, 0.3) is 0 Å². The van der Waals surface area contributed by atoms with Crippen LogP contribution in [0.5, 0.6) is 0 Å². The van der Waals surface area contributed by atoms with Crippen molar-refractivity contribution in [3.05, 3.63) is 39.9 Å². The number of carbonyl (C=O) groups is 3. The zero-order chi connectivity index (χ0) is 16.0. The number of primary amides is 2. The molecule has 0 saturated carbocycles. The van der Waals surface area contributed by atoms with Gasteiger partial charge in [0.2, 0.25) is 17.7 Å². The lowest BCUT2D eigenvalue weighted by Crippen LogP contribution is -2.42. The van der Waals surface area contributed by atoms with E-state index >= 15 is 0 Å². The van der Waals surface area contributed by atoms with Gasteiger partial charge in [-0.25, -0.2) is 0 Å². The topological polar surface area (TPSA) is 106 Å². The predicted octanol–water partition coefficient (Wildman–Crippen LogP) is 0.806. The highest BCUT2D eigenvalue weighted by molar-refractivity contribution is 6.42. The smallest absolute Gasteiger partial charge is 0.247 e.